The summed E-state index contributed by atoms with van der Waals surface area (Å²) in [5, 5.41) is 14.7. The molecule has 0 fully saturated rings. The highest BCUT2D eigenvalue weighted by molar-refractivity contribution is 5.93. The zero-order valence-corrected chi connectivity index (χ0v) is 18.3. The highest BCUT2D eigenvalue weighted by Gasteiger charge is 2.19. The minimum Gasteiger partial charge on any atom is -0.382 e. The number of nitrogens with zero attached hydrogens (tertiary/aromatic N) is 4. The fourth-order valence-electron chi connectivity index (χ4n) is 3.34. The number of hydrogen-bond donors (Lipinski definition) is 3. The highest BCUT2D eigenvalue weighted by Crippen LogP contribution is 2.27. The highest BCUT2D eigenvalue weighted by atomic mass is 19.2. The summed E-state index contributed by atoms with van der Waals surface area (Å²) in [6.07, 6.45) is 5.94. The van der Waals surface area contributed by atoms with Crippen molar-refractivity contribution in [1.82, 2.24) is 20.3 Å². The van der Waals surface area contributed by atoms with E-state index in [2.05, 4.69) is 25.6 Å². The second kappa shape index (κ2) is 10.4. The summed E-state index contributed by atoms with van der Waals surface area (Å²) in [6, 6.07) is 13.3. The molecule has 0 bridgehead atoms. The topological polar surface area (TPSA) is 130 Å². The summed E-state index contributed by atoms with van der Waals surface area (Å²) in [5.41, 5.74) is 7.76. The van der Waals surface area contributed by atoms with Gasteiger partial charge in [-0.15, -0.1) is 0 Å². The molecule has 2 heterocycles. The first-order valence-electron chi connectivity index (χ1n) is 10.5. The van der Waals surface area contributed by atoms with E-state index in [0.29, 0.717) is 17.1 Å². The SMILES string of the molecule is N#Cc1cc(CNC(=O)c2cccnc2)c(NCc2ccc(-c3cnc(N)cn3)cc2)c(F)c1F. The lowest BCUT2D eigenvalue weighted by Gasteiger charge is -2.15. The van der Waals surface area contributed by atoms with Crippen LogP contribution in [0.25, 0.3) is 11.3 Å². The number of benzene rings is 2. The second-order valence-electron chi connectivity index (χ2n) is 7.50. The number of hydrogen-bond acceptors (Lipinski definition) is 7. The van der Waals surface area contributed by atoms with Crippen molar-refractivity contribution in [2.45, 2.75) is 13.1 Å². The van der Waals surface area contributed by atoms with Crippen LogP contribution in [0.3, 0.4) is 0 Å². The average Bonchev–Trinajstić information content (AvgIpc) is 2.90. The molecular weight excluding hydrogens is 452 g/mol. The zero-order valence-electron chi connectivity index (χ0n) is 18.3. The predicted molar refractivity (Wildman–Crippen MR) is 126 cm³/mol. The number of nitrogen functional groups attached to an aromatic ring is 1. The molecule has 0 aliphatic heterocycles. The fourth-order valence-corrected chi connectivity index (χ4v) is 3.34. The van der Waals surface area contributed by atoms with Crippen molar-refractivity contribution in [2.24, 2.45) is 0 Å². The van der Waals surface area contributed by atoms with E-state index in [0.717, 1.165) is 11.1 Å². The van der Waals surface area contributed by atoms with Crippen molar-refractivity contribution in [3.8, 4) is 17.3 Å². The summed E-state index contributed by atoms with van der Waals surface area (Å²) in [7, 11) is 0. The number of pyridine rings is 1. The van der Waals surface area contributed by atoms with E-state index in [1.165, 1.54) is 24.7 Å². The molecule has 35 heavy (non-hydrogen) atoms. The minimum atomic E-state index is -1.25. The molecule has 0 unspecified atom stereocenters. The lowest BCUT2D eigenvalue weighted by Crippen LogP contribution is -2.24. The van der Waals surface area contributed by atoms with Crippen molar-refractivity contribution < 1.29 is 13.6 Å². The Labute approximate surface area is 199 Å². The third-order valence-corrected chi connectivity index (χ3v) is 5.16. The van der Waals surface area contributed by atoms with Crippen LogP contribution in [0.1, 0.15) is 27.0 Å². The molecule has 0 aliphatic carbocycles. The summed E-state index contributed by atoms with van der Waals surface area (Å²) in [4.78, 5) is 24.5. The van der Waals surface area contributed by atoms with E-state index in [-0.39, 0.29) is 24.3 Å². The number of nitrogens with two attached hydrogens (primary N) is 1. The number of nitrogens with one attached hydrogen (secondary N) is 2. The van der Waals surface area contributed by atoms with Gasteiger partial charge in [0.2, 0.25) is 0 Å². The maximum Gasteiger partial charge on any atom is 0.253 e. The number of carbonyl (C=O) groups excluding carboxylic acids is 1. The van der Waals surface area contributed by atoms with Crippen molar-refractivity contribution in [2.75, 3.05) is 11.1 Å². The summed E-state index contributed by atoms with van der Waals surface area (Å²) in [5.74, 6) is -2.56. The van der Waals surface area contributed by atoms with Crippen LogP contribution in [0, 0.1) is 23.0 Å². The van der Waals surface area contributed by atoms with E-state index in [9.17, 15) is 13.6 Å². The molecular formula is C25H19F2N7O. The Morgan fingerprint density at radius 1 is 1.03 bits per heavy atom. The van der Waals surface area contributed by atoms with E-state index in [1.807, 2.05) is 24.3 Å². The number of anilines is 2. The van der Waals surface area contributed by atoms with Crippen LogP contribution < -0.4 is 16.4 Å². The maximum atomic E-state index is 14.8. The molecule has 0 aliphatic rings. The van der Waals surface area contributed by atoms with Gasteiger partial charge >= 0.3 is 0 Å². The molecule has 2 aromatic carbocycles. The molecule has 0 saturated carbocycles. The van der Waals surface area contributed by atoms with Crippen molar-refractivity contribution in [1.29, 1.82) is 5.26 Å². The van der Waals surface area contributed by atoms with Gasteiger partial charge in [-0.3, -0.25) is 14.8 Å². The lowest BCUT2D eigenvalue weighted by molar-refractivity contribution is 0.0950. The maximum absolute atomic E-state index is 14.8. The van der Waals surface area contributed by atoms with E-state index < -0.39 is 23.1 Å². The predicted octanol–water partition coefficient (Wildman–Crippen LogP) is 3.81. The number of halogens is 2. The molecule has 4 aromatic rings. The molecule has 1 amide bonds. The fraction of sp³-hybridized carbons (Fsp3) is 0.0800. The van der Waals surface area contributed by atoms with Gasteiger partial charge in [-0.2, -0.15) is 5.26 Å². The number of aromatic nitrogens is 3. The molecule has 10 heteroatoms. The zero-order chi connectivity index (χ0) is 24.8. The Kier molecular flexibility index (Phi) is 6.88. The number of rotatable bonds is 7. The van der Waals surface area contributed by atoms with Crippen LogP contribution in [0.5, 0.6) is 0 Å². The van der Waals surface area contributed by atoms with Gasteiger partial charge in [-0.25, -0.2) is 13.8 Å². The second-order valence-corrected chi connectivity index (χ2v) is 7.50. The van der Waals surface area contributed by atoms with Crippen LogP contribution >= 0.6 is 0 Å². The first kappa shape index (κ1) is 23.3. The third kappa shape index (κ3) is 5.36. The van der Waals surface area contributed by atoms with Crippen LogP contribution in [-0.4, -0.2) is 20.9 Å². The van der Waals surface area contributed by atoms with Gasteiger partial charge in [-0.05, 0) is 29.3 Å². The molecule has 4 rings (SSSR count). The molecule has 0 atom stereocenters. The lowest BCUT2D eigenvalue weighted by atomic mass is 10.1. The van der Waals surface area contributed by atoms with Crippen molar-refractivity contribution in [3.63, 3.8) is 0 Å². The Balaban J connectivity index is 1.52. The van der Waals surface area contributed by atoms with Crippen molar-refractivity contribution in [3.05, 3.63) is 101 Å². The number of carbonyl (C=O) groups is 1. The van der Waals surface area contributed by atoms with Crippen LogP contribution in [0.2, 0.25) is 0 Å². The quantitative estimate of drug-likeness (QED) is 0.374. The standard InChI is InChI=1S/C25H19F2N7O/c26-22-18(9-28)8-19(12-34-25(35)17-2-1-7-30-11-17)24(23(22)27)33-10-15-3-5-16(6-4-15)20-13-32-21(29)14-31-20/h1-8,11,13-14,33H,10,12H2,(H2,29,32)(H,34,35). The smallest absolute Gasteiger partial charge is 0.253 e. The first-order chi connectivity index (χ1) is 17.0. The first-order valence-corrected chi connectivity index (χ1v) is 10.5. The van der Waals surface area contributed by atoms with Gasteiger partial charge in [0.15, 0.2) is 11.6 Å². The van der Waals surface area contributed by atoms with Gasteiger partial charge < -0.3 is 16.4 Å². The largest absolute Gasteiger partial charge is 0.382 e. The molecule has 174 valence electrons. The average molecular weight is 471 g/mol. The van der Waals surface area contributed by atoms with E-state index in [1.54, 1.807) is 24.4 Å². The molecule has 0 spiro atoms. The van der Waals surface area contributed by atoms with Gasteiger partial charge in [0, 0.05) is 31.0 Å². The van der Waals surface area contributed by atoms with Crippen molar-refractivity contribution >= 4 is 17.4 Å². The third-order valence-electron chi connectivity index (χ3n) is 5.16. The van der Waals surface area contributed by atoms with Crippen LogP contribution in [-0.2, 0) is 13.1 Å². The summed E-state index contributed by atoms with van der Waals surface area (Å²) in [6.45, 7) is 0.0379. The monoisotopic (exact) mass is 471 g/mol. The minimum absolute atomic E-state index is 0.128. The number of nitriles is 1. The Morgan fingerprint density at radius 3 is 2.49 bits per heavy atom. The van der Waals surface area contributed by atoms with Crippen LogP contribution in [0.4, 0.5) is 20.3 Å². The van der Waals surface area contributed by atoms with Gasteiger partial charge in [0.25, 0.3) is 5.91 Å². The molecule has 2 aromatic heterocycles. The molecule has 0 radical (unpaired) electrons. The van der Waals surface area contributed by atoms with Gasteiger partial charge in [0.05, 0.1) is 34.9 Å². The Bertz CT molecular complexity index is 1390. The Morgan fingerprint density at radius 2 is 1.83 bits per heavy atom. The molecule has 4 N–H and O–H groups in total. The van der Waals surface area contributed by atoms with Gasteiger partial charge in [0.1, 0.15) is 11.9 Å². The number of amides is 1. The summed E-state index contributed by atoms with van der Waals surface area (Å²) < 4.78 is 29.2. The van der Waals surface area contributed by atoms with E-state index in [4.69, 9.17) is 11.0 Å². The van der Waals surface area contributed by atoms with Gasteiger partial charge in [-0.1, -0.05) is 24.3 Å². The van der Waals surface area contributed by atoms with E-state index >= 15 is 0 Å². The normalized spacial score (nSPS) is 10.4. The molecule has 8 nitrogen and oxygen atoms in total. The van der Waals surface area contributed by atoms with Crippen LogP contribution in [0.15, 0.2) is 67.3 Å². The summed E-state index contributed by atoms with van der Waals surface area (Å²) >= 11 is 0. The molecule has 0 saturated heterocycles. The Hall–Kier alpha value is -4.91.